The topological polar surface area (TPSA) is 0 Å². The number of hydrogen-bond acceptors (Lipinski definition) is 0. The van der Waals surface area contributed by atoms with E-state index in [0.717, 1.165) is 6.42 Å². The number of alkyl halides is 2. The fourth-order valence-electron chi connectivity index (χ4n) is 1.14. The zero-order valence-electron chi connectivity index (χ0n) is 7.71. The number of hydrogen-bond donors (Lipinski definition) is 0. The summed E-state index contributed by atoms with van der Waals surface area (Å²) in [5.74, 6) is 0.990. The third-order valence-corrected chi connectivity index (χ3v) is 3.21. The number of halogens is 2. The monoisotopic (exact) mass is 216 g/mol. The molecule has 1 aromatic carbocycles. The Balaban J connectivity index is 2.50. The molecule has 0 aliphatic carbocycles. The van der Waals surface area contributed by atoms with Crippen LogP contribution >= 0.6 is 23.2 Å². The fourth-order valence-corrected chi connectivity index (χ4v) is 1.71. The molecule has 2 unspecified atom stereocenters. The standard InChI is InChI=1S/C11H14Cl2/c1-9(8-12)11(13)7-10-5-3-2-4-6-10/h2-6,9,11H,7-8H2,1H3. The second kappa shape index (κ2) is 5.51. The first kappa shape index (κ1) is 10.9. The second-order valence-corrected chi connectivity index (χ2v) is 4.21. The molecule has 13 heavy (non-hydrogen) atoms. The SMILES string of the molecule is CC(CCl)C(Cl)Cc1ccccc1. The molecule has 2 heteroatoms. The molecule has 0 aliphatic rings. The first-order chi connectivity index (χ1) is 6.24. The van der Waals surface area contributed by atoms with Gasteiger partial charge in [-0.25, -0.2) is 0 Å². The molecule has 1 rings (SSSR count). The molecule has 0 fully saturated rings. The zero-order valence-corrected chi connectivity index (χ0v) is 9.22. The van der Waals surface area contributed by atoms with Gasteiger partial charge >= 0.3 is 0 Å². The molecule has 2 atom stereocenters. The van der Waals surface area contributed by atoms with E-state index in [4.69, 9.17) is 23.2 Å². The van der Waals surface area contributed by atoms with Crippen molar-refractivity contribution >= 4 is 23.2 Å². The van der Waals surface area contributed by atoms with Gasteiger partial charge in [-0.15, -0.1) is 23.2 Å². The van der Waals surface area contributed by atoms with Crippen LogP contribution in [0.15, 0.2) is 30.3 Å². The summed E-state index contributed by atoms with van der Waals surface area (Å²) in [5, 5.41) is 0.139. The molecule has 72 valence electrons. The Labute approximate surface area is 89.9 Å². The van der Waals surface area contributed by atoms with Crippen molar-refractivity contribution in [3.8, 4) is 0 Å². The second-order valence-electron chi connectivity index (χ2n) is 3.34. The molecule has 0 N–H and O–H groups in total. The van der Waals surface area contributed by atoms with Crippen molar-refractivity contribution in [1.29, 1.82) is 0 Å². The molecule has 1 aromatic rings. The van der Waals surface area contributed by atoms with Gasteiger partial charge in [-0.1, -0.05) is 37.3 Å². The van der Waals surface area contributed by atoms with E-state index in [9.17, 15) is 0 Å². The molecule has 0 radical (unpaired) electrons. The van der Waals surface area contributed by atoms with E-state index >= 15 is 0 Å². The Hall–Kier alpha value is -0.200. The Kier molecular flexibility index (Phi) is 4.61. The molecule has 0 heterocycles. The molecule has 0 bridgehead atoms. The van der Waals surface area contributed by atoms with E-state index in [1.165, 1.54) is 5.56 Å². The average molecular weight is 217 g/mol. The minimum atomic E-state index is 0.139. The van der Waals surface area contributed by atoms with Crippen LogP contribution in [0, 0.1) is 5.92 Å². The van der Waals surface area contributed by atoms with Crippen LogP contribution in [0.4, 0.5) is 0 Å². The van der Waals surface area contributed by atoms with Crippen LogP contribution in [-0.2, 0) is 6.42 Å². The Morgan fingerprint density at radius 2 is 1.85 bits per heavy atom. The van der Waals surface area contributed by atoms with Gasteiger partial charge < -0.3 is 0 Å². The first-order valence-electron chi connectivity index (χ1n) is 4.48. The summed E-state index contributed by atoms with van der Waals surface area (Å²) in [6, 6.07) is 10.3. The molecule has 0 nitrogen and oxygen atoms in total. The zero-order chi connectivity index (χ0) is 9.68. The van der Waals surface area contributed by atoms with Crippen LogP contribution in [0.1, 0.15) is 12.5 Å². The number of rotatable bonds is 4. The van der Waals surface area contributed by atoms with Crippen molar-refractivity contribution in [2.45, 2.75) is 18.7 Å². The molecule has 0 saturated heterocycles. The number of benzene rings is 1. The molecule has 0 spiro atoms. The highest BCUT2D eigenvalue weighted by Gasteiger charge is 2.13. The van der Waals surface area contributed by atoms with Gasteiger partial charge in [0.2, 0.25) is 0 Å². The normalized spacial score (nSPS) is 15.3. The van der Waals surface area contributed by atoms with Crippen molar-refractivity contribution in [3.63, 3.8) is 0 Å². The quantitative estimate of drug-likeness (QED) is 0.674. The Morgan fingerprint density at radius 3 is 2.38 bits per heavy atom. The highest BCUT2D eigenvalue weighted by molar-refractivity contribution is 6.22. The fraction of sp³-hybridized carbons (Fsp3) is 0.455. The smallest absolute Gasteiger partial charge is 0.0413 e. The molecule has 0 amide bonds. The van der Waals surface area contributed by atoms with E-state index in [1.54, 1.807) is 0 Å². The lowest BCUT2D eigenvalue weighted by atomic mass is 10.0. The maximum absolute atomic E-state index is 6.18. The van der Waals surface area contributed by atoms with Crippen LogP contribution < -0.4 is 0 Å². The van der Waals surface area contributed by atoms with Gasteiger partial charge in [-0.3, -0.25) is 0 Å². The first-order valence-corrected chi connectivity index (χ1v) is 5.45. The molecule has 0 aromatic heterocycles. The minimum Gasteiger partial charge on any atom is -0.126 e. The summed E-state index contributed by atoms with van der Waals surface area (Å²) in [6.07, 6.45) is 0.899. The minimum absolute atomic E-state index is 0.139. The highest BCUT2D eigenvalue weighted by Crippen LogP contribution is 2.17. The van der Waals surface area contributed by atoms with Crippen LogP contribution in [0.25, 0.3) is 0 Å². The van der Waals surface area contributed by atoms with E-state index in [2.05, 4.69) is 19.1 Å². The molecular formula is C11H14Cl2. The third kappa shape index (κ3) is 3.58. The van der Waals surface area contributed by atoms with E-state index in [1.807, 2.05) is 18.2 Å². The maximum Gasteiger partial charge on any atom is 0.0413 e. The van der Waals surface area contributed by atoms with Crippen molar-refractivity contribution in [3.05, 3.63) is 35.9 Å². The summed E-state index contributed by atoms with van der Waals surface area (Å²) in [5.41, 5.74) is 1.28. The summed E-state index contributed by atoms with van der Waals surface area (Å²) < 4.78 is 0. The van der Waals surface area contributed by atoms with Crippen molar-refractivity contribution < 1.29 is 0 Å². The molecule has 0 saturated carbocycles. The van der Waals surface area contributed by atoms with Gasteiger partial charge in [0.05, 0.1) is 0 Å². The molecule has 0 aliphatic heterocycles. The van der Waals surface area contributed by atoms with Crippen LogP contribution in [-0.4, -0.2) is 11.3 Å². The van der Waals surface area contributed by atoms with Gasteiger partial charge in [0.25, 0.3) is 0 Å². The van der Waals surface area contributed by atoms with E-state index in [0.29, 0.717) is 11.8 Å². The lowest BCUT2D eigenvalue weighted by Gasteiger charge is -2.14. The van der Waals surface area contributed by atoms with Crippen molar-refractivity contribution in [2.75, 3.05) is 5.88 Å². The van der Waals surface area contributed by atoms with E-state index in [-0.39, 0.29) is 5.38 Å². The highest BCUT2D eigenvalue weighted by atomic mass is 35.5. The lowest BCUT2D eigenvalue weighted by molar-refractivity contribution is 0.602. The summed E-state index contributed by atoms with van der Waals surface area (Å²) >= 11 is 11.9. The largest absolute Gasteiger partial charge is 0.126 e. The predicted molar refractivity (Wildman–Crippen MR) is 59.7 cm³/mol. The summed E-state index contributed by atoms with van der Waals surface area (Å²) in [4.78, 5) is 0. The predicted octanol–water partition coefficient (Wildman–Crippen LogP) is 3.71. The average Bonchev–Trinajstić information content (AvgIpc) is 2.18. The van der Waals surface area contributed by atoms with Crippen molar-refractivity contribution in [1.82, 2.24) is 0 Å². The van der Waals surface area contributed by atoms with Gasteiger partial charge in [-0.2, -0.15) is 0 Å². The van der Waals surface area contributed by atoms with Gasteiger partial charge in [0.1, 0.15) is 0 Å². The van der Waals surface area contributed by atoms with Crippen molar-refractivity contribution in [2.24, 2.45) is 5.92 Å². The maximum atomic E-state index is 6.18. The van der Waals surface area contributed by atoms with E-state index < -0.39 is 0 Å². The van der Waals surface area contributed by atoms with Crippen LogP contribution in [0.3, 0.4) is 0 Å². The summed E-state index contributed by atoms with van der Waals surface area (Å²) in [7, 11) is 0. The Morgan fingerprint density at radius 1 is 1.23 bits per heavy atom. The molecular weight excluding hydrogens is 203 g/mol. The van der Waals surface area contributed by atoms with Crippen LogP contribution in [0.5, 0.6) is 0 Å². The third-order valence-electron chi connectivity index (χ3n) is 2.13. The Bertz CT molecular complexity index is 233. The van der Waals surface area contributed by atoms with Gasteiger partial charge in [0, 0.05) is 11.3 Å². The van der Waals surface area contributed by atoms with Crippen LogP contribution in [0.2, 0.25) is 0 Å². The van der Waals surface area contributed by atoms with Gasteiger partial charge in [-0.05, 0) is 17.9 Å². The van der Waals surface area contributed by atoms with Gasteiger partial charge in [0.15, 0.2) is 0 Å². The lowest BCUT2D eigenvalue weighted by Crippen LogP contribution is -2.15. The summed E-state index contributed by atoms with van der Waals surface area (Å²) in [6.45, 7) is 2.08.